The minimum atomic E-state index is -0.240. The Morgan fingerprint density at radius 3 is 2.54 bits per heavy atom. The van der Waals surface area contributed by atoms with Gasteiger partial charge < -0.3 is 14.5 Å². The van der Waals surface area contributed by atoms with E-state index in [1.165, 1.54) is 12.1 Å². The number of urea groups is 1. The number of carbonyl (C=O) groups is 1. The van der Waals surface area contributed by atoms with Crippen LogP contribution in [0.5, 0.6) is 0 Å². The van der Waals surface area contributed by atoms with Gasteiger partial charge in [-0.3, -0.25) is 4.90 Å². The van der Waals surface area contributed by atoms with Crippen molar-refractivity contribution in [2.24, 2.45) is 0 Å². The lowest BCUT2D eigenvalue weighted by Gasteiger charge is -2.42. The highest BCUT2D eigenvalue weighted by Crippen LogP contribution is 2.25. The zero-order valence-electron chi connectivity index (χ0n) is 13.9. The second-order valence-electron chi connectivity index (χ2n) is 6.98. The Bertz CT molecular complexity index is 588. The molecule has 2 amide bonds. The number of rotatable bonds is 3. The third-order valence-electron chi connectivity index (χ3n) is 5.46. The fraction of sp³-hybridized carbons (Fsp3) is 0.611. The van der Waals surface area contributed by atoms with Crippen LogP contribution >= 0.6 is 0 Å². The normalized spacial score (nSPS) is 26.0. The van der Waals surface area contributed by atoms with E-state index in [4.69, 9.17) is 4.74 Å². The maximum Gasteiger partial charge on any atom is 0.320 e. The van der Waals surface area contributed by atoms with E-state index in [2.05, 4.69) is 4.90 Å². The van der Waals surface area contributed by atoms with Gasteiger partial charge in [-0.2, -0.15) is 0 Å². The molecule has 1 aromatic carbocycles. The molecule has 0 aromatic heterocycles. The number of hydrogen-bond acceptors (Lipinski definition) is 3. The standard InChI is InChI=1S/C18H24FN3O2/c19-15-3-1-14(2-4-15)11-21-13-17-12-20(7-8-22(17)18(21)23)16-5-9-24-10-6-16/h1-4,16-17H,5-13H2/t17-/m1/s1. The average Bonchev–Trinajstić information content (AvgIpc) is 2.93. The Hall–Kier alpha value is -1.66. The summed E-state index contributed by atoms with van der Waals surface area (Å²) >= 11 is 0. The quantitative estimate of drug-likeness (QED) is 0.848. The molecule has 130 valence electrons. The highest BCUT2D eigenvalue weighted by molar-refractivity contribution is 5.77. The molecule has 0 radical (unpaired) electrons. The molecule has 6 heteroatoms. The number of carbonyl (C=O) groups excluding carboxylic acids is 1. The summed E-state index contributed by atoms with van der Waals surface area (Å²) in [7, 11) is 0. The number of piperazine rings is 1. The van der Waals surface area contributed by atoms with Crippen molar-refractivity contribution in [1.82, 2.24) is 14.7 Å². The lowest BCUT2D eigenvalue weighted by Crippen LogP contribution is -2.55. The summed E-state index contributed by atoms with van der Waals surface area (Å²) in [6, 6.07) is 7.42. The molecule has 4 rings (SSSR count). The Labute approximate surface area is 142 Å². The average molecular weight is 333 g/mol. The Kier molecular flexibility index (Phi) is 4.41. The molecule has 5 nitrogen and oxygen atoms in total. The summed E-state index contributed by atoms with van der Waals surface area (Å²) in [6.45, 7) is 5.74. The molecule has 3 aliphatic heterocycles. The van der Waals surface area contributed by atoms with Crippen molar-refractivity contribution in [3.63, 3.8) is 0 Å². The van der Waals surface area contributed by atoms with Gasteiger partial charge in [0.15, 0.2) is 0 Å². The molecular formula is C18H24FN3O2. The highest BCUT2D eigenvalue weighted by atomic mass is 19.1. The smallest absolute Gasteiger partial charge is 0.320 e. The van der Waals surface area contributed by atoms with Gasteiger partial charge in [-0.25, -0.2) is 9.18 Å². The second-order valence-corrected chi connectivity index (χ2v) is 6.98. The first-order valence-electron chi connectivity index (χ1n) is 8.82. The number of benzene rings is 1. The van der Waals surface area contributed by atoms with Gasteiger partial charge in [0.1, 0.15) is 5.82 Å². The molecule has 0 bridgehead atoms. The van der Waals surface area contributed by atoms with E-state index < -0.39 is 0 Å². The van der Waals surface area contributed by atoms with Crippen LogP contribution in [0.1, 0.15) is 18.4 Å². The molecule has 24 heavy (non-hydrogen) atoms. The first kappa shape index (κ1) is 15.8. The number of nitrogens with zero attached hydrogens (tertiary/aromatic N) is 3. The molecule has 3 aliphatic rings. The Morgan fingerprint density at radius 1 is 1.04 bits per heavy atom. The molecule has 1 atom stereocenters. The number of hydrogen-bond donors (Lipinski definition) is 0. The molecule has 0 unspecified atom stereocenters. The van der Waals surface area contributed by atoms with Gasteiger partial charge in [0, 0.05) is 52.0 Å². The molecule has 0 N–H and O–H groups in total. The largest absolute Gasteiger partial charge is 0.381 e. The maximum atomic E-state index is 13.0. The van der Waals surface area contributed by atoms with Gasteiger partial charge in [-0.15, -0.1) is 0 Å². The number of halogens is 1. The van der Waals surface area contributed by atoms with E-state index in [0.29, 0.717) is 12.6 Å². The number of fused-ring (bicyclic) bond motifs is 1. The predicted molar refractivity (Wildman–Crippen MR) is 88.1 cm³/mol. The fourth-order valence-corrected chi connectivity index (χ4v) is 4.13. The molecule has 0 aliphatic carbocycles. The molecular weight excluding hydrogens is 309 g/mol. The van der Waals surface area contributed by atoms with Crippen LogP contribution < -0.4 is 0 Å². The predicted octanol–water partition coefficient (Wildman–Crippen LogP) is 1.93. The summed E-state index contributed by atoms with van der Waals surface area (Å²) in [4.78, 5) is 19.1. The molecule has 0 saturated carbocycles. The van der Waals surface area contributed by atoms with E-state index in [1.54, 1.807) is 12.1 Å². The lowest BCUT2D eigenvalue weighted by atomic mass is 10.0. The lowest BCUT2D eigenvalue weighted by molar-refractivity contribution is 0.0109. The first-order chi connectivity index (χ1) is 11.7. The summed E-state index contributed by atoms with van der Waals surface area (Å²) < 4.78 is 18.5. The monoisotopic (exact) mass is 333 g/mol. The SMILES string of the molecule is O=C1N(Cc2ccc(F)cc2)C[C@H]2CN(C3CCOCC3)CCN12. The van der Waals surface area contributed by atoms with E-state index in [9.17, 15) is 9.18 Å². The number of amides is 2. The molecule has 3 saturated heterocycles. The van der Waals surface area contributed by atoms with Crippen LogP contribution in [-0.4, -0.2) is 72.2 Å². The number of ether oxygens (including phenoxy) is 1. The van der Waals surface area contributed by atoms with Gasteiger partial charge in [0.25, 0.3) is 0 Å². The van der Waals surface area contributed by atoms with Crippen LogP contribution in [0.15, 0.2) is 24.3 Å². The second kappa shape index (κ2) is 6.69. The maximum absolute atomic E-state index is 13.0. The van der Waals surface area contributed by atoms with Crippen molar-refractivity contribution in [2.75, 3.05) is 39.4 Å². The van der Waals surface area contributed by atoms with Crippen molar-refractivity contribution >= 4 is 6.03 Å². The van der Waals surface area contributed by atoms with Crippen molar-refractivity contribution in [2.45, 2.75) is 31.5 Å². The summed E-state index contributed by atoms with van der Waals surface area (Å²) in [6.07, 6.45) is 2.19. The van der Waals surface area contributed by atoms with Gasteiger partial charge in [0.05, 0.1) is 6.04 Å². The van der Waals surface area contributed by atoms with Gasteiger partial charge in [-0.1, -0.05) is 12.1 Å². The van der Waals surface area contributed by atoms with E-state index in [0.717, 1.165) is 57.8 Å². The van der Waals surface area contributed by atoms with E-state index in [-0.39, 0.29) is 17.9 Å². The molecule has 1 aromatic rings. The van der Waals surface area contributed by atoms with Gasteiger partial charge >= 0.3 is 6.03 Å². The van der Waals surface area contributed by atoms with Crippen LogP contribution in [0.2, 0.25) is 0 Å². The summed E-state index contributed by atoms with van der Waals surface area (Å²) in [5.41, 5.74) is 0.978. The van der Waals surface area contributed by atoms with E-state index in [1.807, 2.05) is 9.80 Å². The van der Waals surface area contributed by atoms with Crippen LogP contribution in [0, 0.1) is 5.82 Å². The third-order valence-corrected chi connectivity index (χ3v) is 5.46. The fourth-order valence-electron chi connectivity index (χ4n) is 4.13. The minimum Gasteiger partial charge on any atom is -0.381 e. The topological polar surface area (TPSA) is 36.0 Å². The zero-order chi connectivity index (χ0) is 16.5. The van der Waals surface area contributed by atoms with Crippen LogP contribution in [0.25, 0.3) is 0 Å². The third kappa shape index (κ3) is 3.13. The van der Waals surface area contributed by atoms with Crippen LogP contribution in [0.3, 0.4) is 0 Å². The Balaban J connectivity index is 1.39. The highest BCUT2D eigenvalue weighted by Gasteiger charge is 2.41. The van der Waals surface area contributed by atoms with Gasteiger partial charge in [0.2, 0.25) is 0 Å². The van der Waals surface area contributed by atoms with Crippen molar-refractivity contribution in [3.8, 4) is 0 Å². The molecule has 0 spiro atoms. The molecule has 3 fully saturated rings. The van der Waals surface area contributed by atoms with Crippen molar-refractivity contribution in [1.29, 1.82) is 0 Å². The van der Waals surface area contributed by atoms with Crippen molar-refractivity contribution in [3.05, 3.63) is 35.6 Å². The Morgan fingerprint density at radius 2 is 1.79 bits per heavy atom. The zero-order valence-corrected chi connectivity index (χ0v) is 13.9. The minimum absolute atomic E-state index is 0.121. The van der Waals surface area contributed by atoms with Crippen LogP contribution in [0.4, 0.5) is 9.18 Å². The molecule has 3 heterocycles. The van der Waals surface area contributed by atoms with Crippen molar-refractivity contribution < 1.29 is 13.9 Å². The van der Waals surface area contributed by atoms with Gasteiger partial charge in [-0.05, 0) is 30.5 Å². The van der Waals surface area contributed by atoms with E-state index >= 15 is 0 Å². The summed E-state index contributed by atoms with van der Waals surface area (Å²) in [5, 5.41) is 0. The summed E-state index contributed by atoms with van der Waals surface area (Å²) in [5.74, 6) is -0.240. The first-order valence-corrected chi connectivity index (χ1v) is 8.82. The van der Waals surface area contributed by atoms with Crippen LogP contribution in [-0.2, 0) is 11.3 Å².